The third-order valence-corrected chi connectivity index (χ3v) is 4.62. The maximum Gasteiger partial charge on any atom is 0.236 e. The molecule has 0 spiro atoms. The lowest BCUT2D eigenvalue weighted by atomic mass is 10.3. The Morgan fingerprint density at radius 2 is 1.70 bits per heavy atom. The molecule has 0 radical (unpaired) electrons. The van der Waals surface area contributed by atoms with Gasteiger partial charge >= 0.3 is 0 Å². The van der Waals surface area contributed by atoms with Crippen LogP contribution in [0.25, 0.3) is 16.8 Å². The Hall–Kier alpha value is -2.47. The number of thioether (sulfide) groups is 1. The van der Waals surface area contributed by atoms with Crippen molar-refractivity contribution in [3.63, 3.8) is 0 Å². The maximum atomic E-state index is 5.73. The molecule has 0 bridgehead atoms. The van der Waals surface area contributed by atoms with Gasteiger partial charge < -0.3 is 9.30 Å². The SMILES string of the molecule is Cn1c2ccccc2n2c(SCCOc3ccccc3)nnc12. The lowest BCUT2D eigenvalue weighted by molar-refractivity contribution is 0.344. The molecule has 2 aromatic carbocycles. The summed E-state index contributed by atoms with van der Waals surface area (Å²) in [5.41, 5.74) is 2.28. The van der Waals surface area contributed by atoms with Crippen molar-refractivity contribution in [3.8, 4) is 5.75 Å². The van der Waals surface area contributed by atoms with E-state index < -0.39 is 0 Å². The molecule has 116 valence electrons. The van der Waals surface area contributed by atoms with Crippen LogP contribution < -0.4 is 4.74 Å². The smallest absolute Gasteiger partial charge is 0.236 e. The second kappa shape index (κ2) is 5.96. The molecule has 0 N–H and O–H groups in total. The summed E-state index contributed by atoms with van der Waals surface area (Å²) in [6.07, 6.45) is 0. The van der Waals surface area contributed by atoms with Gasteiger partial charge in [-0.1, -0.05) is 42.1 Å². The normalized spacial score (nSPS) is 11.3. The Bertz CT molecular complexity index is 945. The van der Waals surface area contributed by atoms with Gasteiger partial charge in [-0.3, -0.25) is 4.40 Å². The number of hydrogen-bond donors (Lipinski definition) is 0. The van der Waals surface area contributed by atoms with Crippen LogP contribution in [0.5, 0.6) is 5.75 Å². The number of ether oxygens (including phenoxy) is 1. The van der Waals surface area contributed by atoms with Gasteiger partial charge in [-0.2, -0.15) is 0 Å². The topological polar surface area (TPSA) is 44.4 Å². The number of benzene rings is 2. The highest BCUT2D eigenvalue weighted by atomic mass is 32.2. The highest BCUT2D eigenvalue weighted by molar-refractivity contribution is 7.99. The summed E-state index contributed by atoms with van der Waals surface area (Å²) in [7, 11) is 2.01. The van der Waals surface area contributed by atoms with E-state index in [2.05, 4.69) is 31.3 Å². The molecule has 2 aromatic heterocycles. The van der Waals surface area contributed by atoms with Crippen LogP contribution in [-0.2, 0) is 7.05 Å². The summed E-state index contributed by atoms with van der Waals surface area (Å²) in [4.78, 5) is 0. The van der Waals surface area contributed by atoms with E-state index in [0.29, 0.717) is 6.61 Å². The number of imidazole rings is 1. The lowest BCUT2D eigenvalue weighted by Gasteiger charge is -2.04. The standard InChI is InChI=1S/C17H16N4OS/c1-20-14-9-5-6-10-15(14)21-16(20)18-19-17(21)23-12-11-22-13-7-3-2-4-8-13/h2-10H,11-12H2,1H3. The molecular weight excluding hydrogens is 308 g/mol. The lowest BCUT2D eigenvalue weighted by Crippen LogP contribution is -2.00. The number of nitrogens with zero attached hydrogens (tertiary/aromatic N) is 4. The third kappa shape index (κ3) is 2.55. The zero-order valence-electron chi connectivity index (χ0n) is 12.7. The molecule has 0 fully saturated rings. The zero-order chi connectivity index (χ0) is 15.6. The molecule has 2 heterocycles. The molecule has 0 unspecified atom stereocenters. The van der Waals surface area contributed by atoms with Crippen molar-refractivity contribution in [2.45, 2.75) is 5.16 Å². The second-order valence-electron chi connectivity index (χ2n) is 5.18. The average molecular weight is 324 g/mol. The van der Waals surface area contributed by atoms with Crippen LogP contribution in [-0.4, -0.2) is 31.5 Å². The fourth-order valence-electron chi connectivity index (χ4n) is 2.64. The van der Waals surface area contributed by atoms with Gasteiger partial charge in [0.2, 0.25) is 5.78 Å². The summed E-state index contributed by atoms with van der Waals surface area (Å²) in [5.74, 6) is 2.57. The molecule has 5 nitrogen and oxygen atoms in total. The van der Waals surface area contributed by atoms with E-state index in [0.717, 1.165) is 33.5 Å². The Kier molecular flexibility index (Phi) is 3.67. The van der Waals surface area contributed by atoms with Crippen LogP contribution in [0.2, 0.25) is 0 Å². The average Bonchev–Trinajstić information content (AvgIpc) is 3.14. The summed E-state index contributed by atoms with van der Waals surface area (Å²) < 4.78 is 9.89. The first-order valence-corrected chi connectivity index (χ1v) is 8.42. The first-order valence-electron chi connectivity index (χ1n) is 7.44. The number of para-hydroxylation sites is 3. The fraction of sp³-hybridized carbons (Fsp3) is 0.176. The van der Waals surface area contributed by atoms with Crippen molar-refractivity contribution in [2.24, 2.45) is 7.05 Å². The van der Waals surface area contributed by atoms with E-state index in [-0.39, 0.29) is 0 Å². The molecule has 4 aromatic rings. The number of rotatable bonds is 5. The molecule has 4 rings (SSSR count). The molecule has 0 saturated carbocycles. The Labute approximate surface area is 137 Å². The second-order valence-corrected chi connectivity index (χ2v) is 6.24. The van der Waals surface area contributed by atoms with Gasteiger partial charge in [-0.15, -0.1) is 10.2 Å². The number of hydrogen-bond acceptors (Lipinski definition) is 4. The van der Waals surface area contributed by atoms with Crippen LogP contribution in [0.15, 0.2) is 59.8 Å². The molecule has 0 saturated heterocycles. The monoisotopic (exact) mass is 324 g/mol. The van der Waals surface area contributed by atoms with E-state index in [9.17, 15) is 0 Å². The van der Waals surface area contributed by atoms with Gasteiger partial charge in [0.15, 0.2) is 5.16 Å². The van der Waals surface area contributed by atoms with Gasteiger partial charge in [0, 0.05) is 12.8 Å². The van der Waals surface area contributed by atoms with Crippen molar-refractivity contribution < 1.29 is 4.74 Å². The summed E-state index contributed by atoms with van der Waals surface area (Å²) in [5, 5.41) is 9.51. The summed E-state index contributed by atoms with van der Waals surface area (Å²) >= 11 is 1.66. The predicted octanol–water partition coefficient (Wildman–Crippen LogP) is 3.39. The van der Waals surface area contributed by atoms with E-state index in [1.54, 1.807) is 11.8 Å². The van der Waals surface area contributed by atoms with E-state index >= 15 is 0 Å². The summed E-state index contributed by atoms with van der Waals surface area (Å²) in [6.45, 7) is 0.633. The van der Waals surface area contributed by atoms with Crippen LogP contribution in [0, 0.1) is 0 Å². The minimum atomic E-state index is 0.633. The van der Waals surface area contributed by atoms with Crippen LogP contribution in [0.1, 0.15) is 0 Å². The van der Waals surface area contributed by atoms with E-state index in [1.807, 2.05) is 49.5 Å². The number of aryl methyl sites for hydroxylation is 1. The molecule has 0 atom stereocenters. The van der Waals surface area contributed by atoms with Gasteiger partial charge in [-0.05, 0) is 24.3 Å². The first kappa shape index (κ1) is 14.1. The van der Waals surface area contributed by atoms with Crippen LogP contribution in [0.3, 0.4) is 0 Å². The molecule has 0 amide bonds. The van der Waals surface area contributed by atoms with Crippen molar-refractivity contribution in [3.05, 3.63) is 54.6 Å². The molecule has 0 aliphatic rings. The molecule has 0 aliphatic carbocycles. The quantitative estimate of drug-likeness (QED) is 0.417. The predicted molar refractivity (Wildman–Crippen MR) is 92.1 cm³/mol. The highest BCUT2D eigenvalue weighted by Crippen LogP contribution is 2.24. The van der Waals surface area contributed by atoms with Crippen molar-refractivity contribution in [1.29, 1.82) is 0 Å². The molecular formula is C17H16N4OS. The van der Waals surface area contributed by atoms with Gasteiger partial charge in [0.1, 0.15) is 5.75 Å². The fourth-order valence-corrected chi connectivity index (χ4v) is 3.39. The van der Waals surface area contributed by atoms with Crippen LogP contribution >= 0.6 is 11.8 Å². The van der Waals surface area contributed by atoms with E-state index in [1.165, 1.54) is 0 Å². The number of aromatic nitrogens is 4. The maximum absolute atomic E-state index is 5.73. The Balaban J connectivity index is 1.52. The first-order chi connectivity index (χ1) is 11.3. The van der Waals surface area contributed by atoms with Gasteiger partial charge in [0.25, 0.3) is 0 Å². The van der Waals surface area contributed by atoms with Crippen molar-refractivity contribution in [1.82, 2.24) is 19.2 Å². The van der Waals surface area contributed by atoms with Gasteiger partial charge in [-0.25, -0.2) is 0 Å². The molecule has 0 aliphatic heterocycles. The molecule has 6 heteroatoms. The van der Waals surface area contributed by atoms with E-state index in [4.69, 9.17) is 4.74 Å². The van der Waals surface area contributed by atoms with Gasteiger partial charge in [0.05, 0.1) is 17.6 Å². The molecule has 23 heavy (non-hydrogen) atoms. The highest BCUT2D eigenvalue weighted by Gasteiger charge is 2.14. The number of fused-ring (bicyclic) bond motifs is 3. The Morgan fingerprint density at radius 1 is 0.957 bits per heavy atom. The summed E-state index contributed by atoms with van der Waals surface area (Å²) in [6, 6.07) is 18.1. The third-order valence-electron chi connectivity index (χ3n) is 3.73. The Morgan fingerprint density at radius 3 is 2.52 bits per heavy atom. The largest absolute Gasteiger partial charge is 0.493 e. The van der Waals surface area contributed by atoms with Crippen molar-refractivity contribution in [2.75, 3.05) is 12.4 Å². The minimum absolute atomic E-state index is 0.633. The van der Waals surface area contributed by atoms with Crippen LogP contribution in [0.4, 0.5) is 0 Å². The zero-order valence-corrected chi connectivity index (χ0v) is 13.5. The minimum Gasteiger partial charge on any atom is -0.493 e. The van der Waals surface area contributed by atoms with Crippen molar-refractivity contribution >= 4 is 28.6 Å².